The molecule has 0 saturated heterocycles. The van der Waals surface area contributed by atoms with Gasteiger partial charge in [0.1, 0.15) is 0 Å². The molecule has 0 saturated carbocycles. The van der Waals surface area contributed by atoms with E-state index < -0.39 is 0 Å². The third-order valence-corrected chi connectivity index (χ3v) is 2.42. The van der Waals surface area contributed by atoms with Gasteiger partial charge in [-0.15, -0.1) is 0 Å². The van der Waals surface area contributed by atoms with Crippen LogP contribution in [0.15, 0.2) is 30.3 Å². The summed E-state index contributed by atoms with van der Waals surface area (Å²) in [5.41, 5.74) is 10.7. The van der Waals surface area contributed by atoms with Gasteiger partial charge in [-0.25, -0.2) is 0 Å². The van der Waals surface area contributed by atoms with Gasteiger partial charge in [-0.2, -0.15) is 0 Å². The second-order valence-electron chi connectivity index (χ2n) is 3.27. The predicted octanol–water partition coefficient (Wildman–Crippen LogP) is 2.13. The molecule has 2 rings (SSSR count). The zero-order chi connectivity index (χ0) is 9.97. The van der Waals surface area contributed by atoms with Crippen LogP contribution in [0.3, 0.4) is 0 Å². The van der Waals surface area contributed by atoms with Gasteiger partial charge in [0.2, 0.25) is 0 Å². The first-order valence-corrected chi connectivity index (χ1v) is 4.99. The molecule has 0 unspecified atom stereocenters. The molecular weight excluding hydrogens is 192 g/mol. The van der Waals surface area contributed by atoms with Crippen LogP contribution in [0.25, 0.3) is 5.70 Å². The van der Waals surface area contributed by atoms with E-state index in [9.17, 15) is 0 Å². The average molecular weight is 203 g/mol. The van der Waals surface area contributed by atoms with Crippen molar-refractivity contribution < 1.29 is 0 Å². The molecule has 0 fully saturated rings. The van der Waals surface area contributed by atoms with Gasteiger partial charge in [0.05, 0.1) is 0 Å². The van der Waals surface area contributed by atoms with Gasteiger partial charge in [0.15, 0.2) is 5.11 Å². The van der Waals surface area contributed by atoms with Crippen molar-refractivity contribution in [3.8, 4) is 0 Å². The number of benzene rings is 1. The number of rotatable bonds is 1. The molecular formula is C11H11N2S. The zero-order valence-electron chi connectivity index (χ0n) is 7.71. The summed E-state index contributed by atoms with van der Waals surface area (Å²) in [5, 5.41) is 2.97. The highest BCUT2D eigenvalue weighted by atomic mass is 32.1. The van der Waals surface area contributed by atoms with Gasteiger partial charge in [-0.3, -0.25) is 5.73 Å². The number of fused-ring (bicyclic) bond motifs is 1. The molecule has 14 heavy (non-hydrogen) atoms. The van der Waals surface area contributed by atoms with Crippen LogP contribution < -0.4 is 11.1 Å². The fraction of sp³-hybridized carbons (Fsp3) is 0.182. The molecule has 1 aliphatic rings. The van der Waals surface area contributed by atoms with Gasteiger partial charge in [-0.1, -0.05) is 30.3 Å². The van der Waals surface area contributed by atoms with Gasteiger partial charge in [0, 0.05) is 11.3 Å². The van der Waals surface area contributed by atoms with E-state index in [4.69, 9.17) is 18.0 Å². The van der Waals surface area contributed by atoms with Crippen LogP contribution in [0, 0.1) is 0 Å². The highest BCUT2D eigenvalue weighted by molar-refractivity contribution is 7.80. The maximum Gasteiger partial charge on any atom is 0.189 e. The first-order valence-electron chi connectivity index (χ1n) is 4.58. The third kappa shape index (κ3) is 1.77. The Kier molecular flexibility index (Phi) is 2.50. The lowest BCUT2D eigenvalue weighted by molar-refractivity contribution is 0.963. The monoisotopic (exact) mass is 203 g/mol. The Hall–Kier alpha value is -1.35. The summed E-state index contributed by atoms with van der Waals surface area (Å²) in [6, 6.07) is 8.23. The molecule has 0 bridgehead atoms. The van der Waals surface area contributed by atoms with Crippen LogP contribution in [-0.2, 0) is 6.42 Å². The van der Waals surface area contributed by atoms with Crippen LogP contribution >= 0.6 is 12.2 Å². The Morgan fingerprint density at radius 2 is 2.14 bits per heavy atom. The van der Waals surface area contributed by atoms with E-state index in [1.165, 1.54) is 11.1 Å². The van der Waals surface area contributed by atoms with Gasteiger partial charge in [0.25, 0.3) is 0 Å². The summed E-state index contributed by atoms with van der Waals surface area (Å²) >= 11 is 4.72. The fourth-order valence-electron chi connectivity index (χ4n) is 1.72. The van der Waals surface area contributed by atoms with Crippen LogP contribution in [0.1, 0.15) is 17.5 Å². The Morgan fingerprint density at radius 3 is 2.93 bits per heavy atom. The van der Waals surface area contributed by atoms with E-state index in [2.05, 4.69) is 23.5 Å². The van der Waals surface area contributed by atoms with Crippen LogP contribution in [0.5, 0.6) is 0 Å². The van der Waals surface area contributed by atoms with Gasteiger partial charge in [-0.05, 0) is 30.6 Å². The average Bonchev–Trinajstić information content (AvgIpc) is 2.18. The molecule has 0 aromatic heterocycles. The lowest BCUT2D eigenvalue weighted by Crippen LogP contribution is -2.22. The second kappa shape index (κ2) is 3.80. The van der Waals surface area contributed by atoms with Crippen molar-refractivity contribution >= 4 is 23.0 Å². The molecule has 71 valence electrons. The lowest BCUT2D eigenvalue weighted by atomic mass is 9.95. The van der Waals surface area contributed by atoms with Crippen molar-refractivity contribution in [3.05, 3.63) is 41.5 Å². The normalized spacial score (nSPS) is 14.1. The lowest BCUT2D eigenvalue weighted by Gasteiger charge is -2.17. The van der Waals surface area contributed by atoms with E-state index in [1.54, 1.807) is 0 Å². The molecule has 0 spiro atoms. The molecule has 0 heterocycles. The van der Waals surface area contributed by atoms with Crippen molar-refractivity contribution in [2.75, 3.05) is 0 Å². The minimum Gasteiger partial charge on any atom is -0.331 e. The standard InChI is InChI=1S/C11H11N2S/c12-11(14)13-10-7-3-5-8-4-1-2-6-9(8)10/h1-2,4,6-7,12H,3,5H2,(H,13,14). The maximum absolute atomic E-state index is 7.23. The molecule has 1 aliphatic carbocycles. The Balaban J connectivity index is 2.35. The fourth-order valence-corrected chi connectivity index (χ4v) is 1.83. The smallest absolute Gasteiger partial charge is 0.189 e. The number of allylic oxidation sites excluding steroid dienone is 1. The summed E-state index contributed by atoms with van der Waals surface area (Å²) < 4.78 is 0. The summed E-state index contributed by atoms with van der Waals surface area (Å²) in [6.07, 6.45) is 4.19. The molecule has 1 radical (unpaired) electrons. The van der Waals surface area contributed by atoms with Gasteiger partial charge < -0.3 is 5.32 Å². The summed E-state index contributed by atoms with van der Waals surface area (Å²) in [7, 11) is 0. The summed E-state index contributed by atoms with van der Waals surface area (Å²) in [5.74, 6) is 0. The Bertz CT molecular complexity index is 396. The van der Waals surface area contributed by atoms with Crippen molar-refractivity contribution in [1.29, 1.82) is 0 Å². The van der Waals surface area contributed by atoms with Crippen molar-refractivity contribution in [1.82, 2.24) is 11.1 Å². The maximum atomic E-state index is 7.23. The minimum atomic E-state index is 0.0768. The van der Waals surface area contributed by atoms with E-state index in [-0.39, 0.29) is 5.11 Å². The summed E-state index contributed by atoms with van der Waals surface area (Å²) in [4.78, 5) is 0. The topological polar surface area (TPSA) is 35.8 Å². The Morgan fingerprint density at radius 1 is 1.36 bits per heavy atom. The summed E-state index contributed by atoms with van der Waals surface area (Å²) in [6.45, 7) is 0. The number of aryl methyl sites for hydroxylation is 1. The Labute approximate surface area is 88.8 Å². The minimum absolute atomic E-state index is 0.0768. The van der Waals surface area contributed by atoms with Gasteiger partial charge >= 0.3 is 0 Å². The largest absolute Gasteiger partial charge is 0.331 e. The molecule has 1 aromatic carbocycles. The zero-order valence-corrected chi connectivity index (χ0v) is 8.53. The van der Waals surface area contributed by atoms with Crippen LogP contribution in [0.2, 0.25) is 0 Å². The highest BCUT2D eigenvalue weighted by Gasteiger charge is 2.11. The molecule has 0 amide bonds. The first kappa shape index (κ1) is 9.21. The van der Waals surface area contributed by atoms with E-state index in [0.717, 1.165) is 18.5 Å². The predicted molar refractivity (Wildman–Crippen MR) is 61.6 cm³/mol. The molecule has 3 heteroatoms. The number of nitrogens with one attached hydrogen (secondary N) is 2. The number of hydrogen-bond acceptors (Lipinski definition) is 1. The highest BCUT2D eigenvalue weighted by Crippen LogP contribution is 2.23. The SMILES string of the molecule is [NH]C(=S)NC1=CCCc2ccccc21. The van der Waals surface area contributed by atoms with E-state index >= 15 is 0 Å². The number of hydrogen-bond donors (Lipinski definition) is 1. The number of thiocarbonyl (C=S) groups is 1. The van der Waals surface area contributed by atoms with Crippen molar-refractivity contribution in [2.24, 2.45) is 0 Å². The molecule has 2 nitrogen and oxygen atoms in total. The molecule has 1 aromatic rings. The molecule has 0 atom stereocenters. The third-order valence-electron chi connectivity index (χ3n) is 2.32. The van der Waals surface area contributed by atoms with Crippen molar-refractivity contribution in [2.45, 2.75) is 12.8 Å². The quantitative estimate of drug-likeness (QED) is 0.710. The molecule has 0 aliphatic heterocycles. The van der Waals surface area contributed by atoms with Crippen LogP contribution in [-0.4, -0.2) is 5.11 Å². The van der Waals surface area contributed by atoms with Crippen molar-refractivity contribution in [3.63, 3.8) is 0 Å². The van der Waals surface area contributed by atoms with Crippen LogP contribution in [0.4, 0.5) is 0 Å². The van der Waals surface area contributed by atoms with E-state index in [0.29, 0.717) is 0 Å². The van der Waals surface area contributed by atoms with E-state index in [1.807, 2.05) is 12.1 Å². The first-order chi connectivity index (χ1) is 6.77. The second-order valence-corrected chi connectivity index (χ2v) is 3.68. The molecule has 2 N–H and O–H groups in total.